The molecule has 3 heterocycles. The molecule has 5 nitrogen and oxygen atoms in total. The van der Waals surface area contributed by atoms with E-state index in [1.807, 2.05) is 24.0 Å². The molecule has 0 unspecified atom stereocenters. The van der Waals surface area contributed by atoms with E-state index in [0.717, 1.165) is 21.9 Å². The Kier molecular flexibility index (Phi) is 7.72. The fraction of sp³-hybridized carbons (Fsp3) is 0.478. The summed E-state index contributed by atoms with van der Waals surface area (Å²) < 4.78 is 14.4. The number of hydrogen-bond acceptors (Lipinski definition) is 3. The molecule has 1 saturated heterocycles. The van der Waals surface area contributed by atoms with Gasteiger partial charge in [-0.1, -0.05) is 25.0 Å². The van der Waals surface area contributed by atoms with Crippen molar-refractivity contribution in [3.05, 3.63) is 47.4 Å². The lowest BCUT2D eigenvalue weighted by atomic mass is 10.1. The first-order chi connectivity index (χ1) is 14.4. The first kappa shape index (κ1) is 22.6. The van der Waals surface area contributed by atoms with Gasteiger partial charge in [0.15, 0.2) is 0 Å². The van der Waals surface area contributed by atoms with E-state index in [4.69, 9.17) is 5.73 Å². The van der Waals surface area contributed by atoms with Gasteiger partial charge >= 0.3 is 0 Å². The van der Waals surface area contributed by atoms with Crippen molar-refractivity contribution in [1.82, 2.24) is 9.88 Å². The maximum atomic E-state index is 14.4. The molecule has 0 saturated carbocycles. The van der Waals surface area contributed by atoms with Crippen LogP contribution < -0.4 is 16.0 Å². The van der Waals surface area contributed by atoms with Gasteiger partial charge in [-0.15, -0.1) is 0 Å². The van der Waals surface area contributed by atoms with Gasteiger partial charge in [-0.25, -0.2) is 9.37 Å². The van der Waals surface area contributed by atoms with E-state index in [0.29, 0.717) is 18.1 Å². The van der Waals surface area contributed by atoms with Crippen LogP contribution in [0.2, 0.25) is 0 Å². The molecule has 4 rings (SSSR count). The zero-order chi connectivity index (χ0) is 21.7. The quantitative estimate of drug-likeness (QED) is 0.644. The van der Waals surface area contributed by atoms with Crippen LogP contribution in [0.3, 0.4) is 0 Å². The van der Waals surface area contributed by atoms with Crippen LogP contribution in [0.25, 0.3) is 0 Å². The van der Waals surface area contributed by atoms with Gasteiger partial charge in [0, 0.05) is 17.8 Å². The second-order valence-corrected chi connectivity index (χ2v) is 10.2. The lowest BCUT2D eigenvalue weighted by Gasteiger charge is -2.35. The number of hydrogen-bond donors (Lipinski definition) is 2. The van der Waals surface area contributed by atoms with E-state index in [2.05, 4.69) is 34.8 Å². The maximum Gasteiger partial charge on any atom is 0.147 e. The summed E-state index contributed by atoms with van der Waals surface area (Å²) in [4.78, 5) is 8.58. The lowest BCUT2D eigenvalue weighted by Crippen LogP contribution is -2.41. The number of halogens is 1. The minimum Gasteiger partial charge on any atom is -0.384 e. The van der Waals surface area contributed by atoms with Gasteiger partial charge in [0.25, 0.3) is 0 Å². The molecular formula is C23H34FN5S. The maximum absolute atomic E-state index is 14.4. The van der Waals surface area contributed by atoms with E-state index >= 15 is 0 Å². The Balaban J connectivity index is 0.000000269. The molecule has 1 fully saturated rings. The van der Waals surface area contributed by atoms with Crippen LogP contribution in [0, 0.1) is 12.7 Å². The summed E-state index contributed by atoms with van der Waals surface area (Å²) >= 11 is 0. The summed E-state index contributed by atoms with van der Waals surface area (Å²) in [5.41, 5.74) is 9.26. The Morgan fingerprint density at radius 3 is 2.47 bits per heavy atom. The zero-order valence-corrected chi connectivity index (χ0v) is 19.4. The smallest absolute Gasteiger partial charge is 0.147 e. The van der Waals surface area contributed by atoms with Crippen molar-refractivity contribution in [3.8, 4) is 0 Å². The molecule has 0 aliphatic carbocycles. The summed E-state index contributed by atoms with van der Waals surface area (Å²) in [6.45, 7) is 5.15. The molecule has 1 aromatic heterocycles. The van der Waals surface area contributed by atoms with Crippen LogP contribution in [0.15, 0.2) is 30.5 Å². The van der Waals surface area contributed by atoms with Crippen molar-refractivity contribution >= 4 is 32.8 Å². The Labute approximate surface area is 182 Å². The van der Waals surface area contributed by atoms with Gasteiger partial charge in [0.1, 0.15) is 16.7 Å². The average molecular weight is 432 g/mol. The van der Waals surface area contributed by atoms with Crippen molar-refractivity contribution in [2.75, 3.05) is 48.6 Å². The summed E-state index contributed by atoms with van der Waals surface area (Å²) in [6.07, 6.45) is 11.7. The van der Waals surface area contributed by atoms with Gasteiger partial charge in [-0.05, 0) is 64.0 Å². The topological polar surface area (TPSA) is 57.4 Å². The van der Waals surface area contributed by atoms with Crippen molar-refractivity contribution < 1.29 is 4.39 Å². The molecule has 0 radical (unpaired) electrons. The fourth-order valence-corrected chi connectivity index (χ4v) is 4.77. The van der Waals surface area contributed by atoms with Crippen molar-refractivity contribution in [1.29, 1.82) is 0 Å². The SMILES string of the molecule is CN1CCCCCC1.Cc1cccc(F)c1N1Cc2cnc(N)cc2NC1=S(C)C. The molecule has 3 N–H and O–H groups in total. The Hall–Kier alpha value is -2.12. The standard InChI is InChI=1S/C16H19FN4S.C7H15N/c1-10-5-4-6-12(17)15(10)21-9-11-8-19-14(18)7-13(11)20-16(21)22(2)3;1-8-6-4-2-3-5-7-8/h4-8,20H,9H2,1-3H3,(H2,18,19);2-7H2,1H3. The number of rotatable bonds is 1. The van der Waals surface area contributed by atoms with Gasteiger partial charge < -0.3 is 20.9 Å². The number of anilines is 3. The third-order valence-corrected chi connectivity index (χ3v) is 6.59. The number of pyridine rings is 1. The van der Waals surface area contributed by atoms with Crippen LogP contribution in [0.1, 0.15) is 36.8 Å². The molecule has 2 aliphatic rings. The third-order valence-electron chi connectivity index (χ3n) is 5.50. The molecular weight excluding hydrogens is 397 g/mol. The first-order valence-corrected chi connectivity index (χ1v) is 12.6. The van der Waals surface area contributed by atoms with Gasteiger partial charge in [0.2, 0.25) is 0 Å². The number of para-hydroxylation sites is 1. The highest BCUT2D eigenvalue weighted by Gasteiger charge is 2.25. The van der Waals surface area contributed by atoms with E-state index in [9.17, 15) is 4.39 Å². The van der Waals surface area contributed by atoms with Gasteiger partial charge in [-0.2, -0.15) is 10.5 Å². The normalized spacial score (nSPS) is 17.0. The highest BCUT2D eigenvalue weighted by Crippen LogP contribution is 2.33. The number of aryl methyl sites for hydroxylation is 1. The van der Waals surface area contributed by atoms with Crippen molar-refractivity contribution in [2.45, 2.75) is 39.2 Å². The first-order valence-electron chi connectivity index (χ1n) is 10.5. The second-order valence-electron chi connectivity index (χ2n) is 8.22. The van der Waals surface area contributed by atoms with Crippen LogP contribution in [-0.4, -0.2) is 47.6 Å². The Morgan fingerprint density at radius 2 is 1.83 bits per heavy atom. The van der Waals surface area contributed by atoms with E-state index < -0.39 is 0 Å². The molecule has 0 atom stereocenters. The molecule has 30 heavy (non-hydrogen) atoms. The molecule has 2 aliphatic heterocycles. The highest BCUT2D eigenvalue weighted by atomic mass is 32.2. The lowest BCUT2D eigenvalue weighted by molar-refractivity contribution is 0.349. The molecule has 0 spiro atoms. The number of aromatic nitrogens is 1. The number of nitrogen functional groups attached to an aromatic ring is 1. The predicted octanol–water partition coefficient (Wildman–Crippen LogP) is 4.65. The van der Waals surface area contributed by atoms with Crippen LogP contribution in [0.5, 0.6) is 0 Å². The van der Waals surface area contributed by atoms with E-state index in [1.165, 1.54) is 44.8 Å². The summed E-state index contributed by atoms with van der Waals surface area (Å²) in [6, 6.07) is 6.99. The summed E-state index contributed by atoms with van der Waals surface area (Å²) in [5.74, 6) is 0.268. The minimum absolute atomic E-state index is 0.0594. The van der Waals surface area contributed by atoms with Crippen molar-refractivity contribution in [3.63, 3.8) is 0 Å². The molecule has 7 heteroatoms. The molecule has 0 amide bonds. The number of nitrogens with one attached hydrogen (secondary N) is 1. The largest absolute Gasteiger partial charge is 0.384 e. The van der Waals surface area contributed by atoms with Crippen LogP contribution >= 0.6 is 10.5 Å². The fourth-order valence-electron chi connectivity index (χ4n) is 3.86. The molecule has 2 aromatic rings. The van der Waals surface area contributed by atoms with E-state index in [-0.39, 0.29) is 16.3 Å². The monoisotopic (exact) mass is 431 g/mol. The predicted molar refractivity (Wildman–Crippen MR) is 130 cm³/mol. The summed E-state index contributed by atoms with van der Waals surface area (Å²) in [7, 11) is 2.15. The number of nitrogens with two attached hydrogens (primary N) is 1. The molecule has 164 valence electrons. The molecule has 1 aromatic carbocycles. The third kappa shape index (κ3) is 5.52. The summed E-state index contributed by atoms with van der Waals surface area (Å²) in [5, 5.41) is 4.40. The number of benzene rings is 1. The van der Waals surface area contributed by atoms with Crippen molar-refractivity contribution in [2.24, 2.45) is 0 Å². The zero-order valence-electron chi connectivity index (χ0n) is 18.5. The highest BCUT2D eigenvalue weighted by molar-refractivity contribution is 8.15. The minimum atomic E-state index is -0.211. The molecule has 0 bridgehead atoms. The Bertz CT molecular complexity index is 882. The van der Waals surface area contributed by atoms with E-state index in [1.54, 1.807) is 12.3 Å². The van der Waals surface area contributed by atoms with Gasteiger partial charge in [0.05, 0.1) is 17.9 Å². The second kappa shape index (κ2) is 10.3. The Morgan fingerprint density at radius 1 is 1.13 bits per heavy atom. The van der Waals surface area contributed by atoms with Crippen LogP contribution in [0.4, 0.5) is 21.6 Å². The number of fused-ring (bicyclic) bond motifs is 1. The number of nitrogens with zero attached hydrogens (tertiary/aromatic N) is 3. The van der Waals surface area contributed by atoms with Gasteiger partial charge in [-0.3, -0.25) is 0 Å². The van der Waals surface area contributed by atoms with Crippen LogP contribution in [-0.2, 0) is 6.54 Å². The average Bonchev–Trinajstić information content (AvgIpc) is 2.95. The number of likely N-dealkylation sites (tertiary alicyclic amines) is 1.